The zero-order valence-corrected chi connectivity index (χ0v) is 15.3. The second-order valence-electron chi connectivity index (χ2n) is 5.83. The van der Waals surface area contributed by atoms with Crippen molar-refractivity contribution in [2.24, 2.45) is 0 Å². The van der Waals surface area contributed by atoms with E-state index in [1.54, 1.807) is 23.9 Å². The van der Waals surface area contributed by atoms with Gasteiger partial charge in [0.25, 0.3) is 0 Å². The molecule has 0 aliphatic carbocycles. The van der Waals surface area contributed by atoms with Gasteiger partial charge in [-0.1, -0.05) is 6.42 Å². The molecular formula is C16H23FN2O3S2. The van der Waals surface area contributed by atoms with Gasteiger partial charge >= 0.3 is 0 Å². The number of piperidine rings is 1. The first-order valence-electron chi connectivity index (χ1n) is 8.01. The lowest BCUT2D eigenvalue weighted by atomic mass is 10.0. The fourth-order valence-electron chi connectivity index (χ4n) is 2.69. The van der Waals surface area contributed by atoms with Gasteiger partial charge in [-0.2, -0.15) is 4.31 Å². The number of nitrogens with zero attached hydrogens (tertiary/aromatic N) is 1. The van der Waals surface area contributed by atoms with Gasteiger partial charge in [-0.15, -0.1) is 11.8 Å². The van der Waals surface area contributed by atoms with Crippen molar-refractivity contribution >= 4 is 27.7 Å². The Bertz CT molecular complexity index is 650. The van der Waals surface area contributed by atoms with Gasteiger partial charge in [0.1, 0.15) is 11.9 Å². The van der Waals surface area contributed by atoms with Gasteiger partial charge in [-0.25, -0.2) is 12.8 Å². The minimum atomic E-state index is -3.36. The van der Waals surface area contributed by atoms with Crippen LogP contribution in [0.25, 0.3) is 0 Å². The Morgan fingerprint density at radius 1 is 1.33 bits per heavy atom. The number of sulfonamides is 1. The largest absolute Gasteiger partial charge is 0.355 e. The Kier molecular flexibility index (Phi) is 7.06. The average Bonchev–Trinajstić information content (AvgIpc) is 2.55. The first-order valence-corrected chi connectivity index (χ1v) is 10.8. The quantitative estimate of drug-likeness (QED) is 0.587. The summed E-state index contributed by atoms with van der Waals surface area (Å²) in [5.74, 6) is 0.327. The summed E-state index contributed by atoms with van der Waals surface area (Å²) in [6.45, 7) is 0.915. The molecule has 0 spiro atoms. The van der Waals surface area contributed by atoms with E-state index in [0.29, 0.717) is 19.5 Å². The molecule has 0 bridgehead atoms. The Morgan fingerprint density at radius 3 is 2.71 bits per heavy atom. The fraction of sp³-hybridized carbons (Fsp3) is 0.562. The van der Waals surface area contributed by atoms with Gasteiger partial charge in [0.05, 0.1) is 6.26 Å². The van der Waals surface area contributed by atoms with Crippen LogP contribution in [0.5, 0.6) is 0 Å². The van der Waals surface area contributed by atoms with Crippen LogP contribution in [0.3, 0.4) is 0 Å². The van der Waals surface area contributed by atoms with Crippen LogP contribution in [0.15, 0.2) is 29.2 Å². The second-order valence-corrected chi connectivity index (χ2v) is 8.94. The van der Waals surface area contributed by atoms with Gasteiger partial charge < -0.3 is 5.32 Å². The molecule has 1 saturated heterocycles. The first kappa shape index (κ1) is 19.2. The van der Waals surface area contributed by atoms with Crippen molar-refractivity contribution in [3.05, 3.63) is 30.1 Å². The van der Waals surface area contributed by atoms with E-state index in [2.05, 4.69) is 5.32 Å². The van der Waals surface area contributed by atoms with Gasteiger partial charge in [0, 0.05) is 18.0 Å². The van der Waals surface area contributed by atoms with Crippen LogP contribution in [-0.2, 0) is 14.8 Å². The molecule has 5 nitrogen and oxygen atoms in total. The maximum Gasteiger partial charge on any atom is 0.238 e. The van der Waals surface area contributed by atoms with Crippen LogP contribution in [0.2, 0.25) is 0 Å². The summed E-state index contributed by atoms with van der Waals surface area (Å²) in [7, 11) is -3.36. The number of nitrogens with one attached hydrogen (secondary N) is 1. The molecule has 8 heteroatoms. The van der Waals surface area contributed by atoms with Crippen LogP contribution in [0.1, 0.15) is 25.7 Å². The number of amides is 1. The lowest BCUT2D eigenvalue weighted by Gasteiger charge is -2.32. The van der Waals surface area contributed by atoms with E-state index in [1.165, 1.54) is 16.4 Å². The van der Waals surface area contributed by atoms with Crippen molar-refractivity contribution in [2.45, 2.75) is 36.6 Å². The highest BCUT2D eigenvalue weighted by Gasteiger charge is 2.34. The number of thioether (sulfide) groups is 1. The minimum absolute atomic E-state index is 0.216. The molecule has 0 saturated carbocycles. The minimum Gasteiger partial charge on any atom is -0.355 e. The van der Waals surface area contributed by atoms with Gasteiger partial charge in [0.2, 0.25) is 15.9 Å². The number of hydrogen-bond acceptors (Lipinski definition) is 4. The van der Waals surface area contributed by atoms with Crippen LogP contribution >= 0.6 is 11.8 Å². The number of benzene rings is 1. The average molecular weight is 375 g/mol. The van der Waals surface area contributed by atoms with Gasteiger partial charge in [-0.3, -0.25) is 4.79 Å². The predicted molar refractivity (Wildman–Crippen MR) is 93.9 cm³/mol. The van der Waals surface area contributed by atoms with Crippen molar-refractivity contribution in [1.29, 1.82) is 0 Å². The standard InChI is InChI=1S/C16H23FN2O3S2/c1-24(21,22)19-11-3-2-5-15(19)16(20)18-10-4-12-23-14-8-6-13(17)7-9-14/h6-9,15H,2-5,10-12H2,1H3,(H,18,20). The molecule has 1 aromatic carbocycles. The molecule has 1 heterocycles. The third kappa shape index (κ3) is 5.75. The van der Waals surface area contributed by atoms with E-state index in [0.717, 1.165) is 36.2 Å². The smallest absolute Gasteiger partial charge is 0.238 e. The van der Waals surface area contributed by atoms with E-state index < -0.39 is 16.1 Å². The SMILES string of the molecule is CS(=O)(=O)N1CCCCC1C(=O)NCCCSc1ccc(F)cc1. The third-order valence-electron chi connectivity index (χ3n) is 3.89. The molecule has 1 fully saturated rings. The van der Waals surface area contributed by atoms with E-state index in [4.69, 9.17) is 0 Å². The number of carbonyl (C=O) groups excluding carboxylic acids is 1. The molecule has 1 N–H and O–H groups in total. The predicted octanol–water partition coefficient (Wildman–Crippen LogP) is 2.24. The van der Waals surface area contributed by atoms with Crippen LogP contribution < -0.4 is 5.32 Å². The second kappa shape index (κ2) is 8.82. The molecule has 24 heavy (non-hydrogen) atoms. The molecule has 1 aliphatic rings. The Hall–Kier alpha value is -1.12. The monoisotopic (exact) mass is 374 g/mol. The normalized spacial score (nSPS) is 19.2. The molecule has 1 amide bonds. The summed E-state index contributed by atoms with van der Waals surface area (Å²) in [6, 6.07) is 5.72. The summed E-state index contributed by atoms with van der Waals surface area (Å²) < 4.78 is 37.7. The van der Waals surface area contributed by atoms with Crippen molar-refractivity contribution < 1.29 is 17.6 Å². The van der Waals surface area contributed by atoms with E-state index in [9.17, 15) is 17.6 Å². The topological polar surface area (TPSA) is 66.5 Å². The Labute approximate surface area is 147 Å². The molecule has 134 valence electrons. The molecule has 1 aliphatic heterocycles. The van der Waals surface area contributed by atoms with Crippen molar-refractivity contribution in [2.75, 3.05) is 25.1 Å². The highest BCUT2D eigenvalue weighted by atomic mass is 32.2. The molecule has 0 aromatic heterocycles. The van der Waals surface area contributed by atoms with Crippen LogP contribution in [0, 0.1) is 5.82 Å². The maximum absolute atomic E-state index is 12.8. The van der Waals surface area contributed by atoms with E-state index >= 15 is 0 Å². The fourth-order valence-corrected chi connectivity index (χ4v) is 4.66. The highest BCUT2D eigenvalue weighted by Crippen LogP contribution is 2.20. The number of rotatable bonds is 7. The van der Waals surface area contributed by atoms with Gasteiger partial charge in [-0.05, 0) is 49.3 Å². The summed E-state index contributed by atoms with van der Waals surface area (Å²) in [6.07, 6.45) is 4.15. The van der Waals surface area contributed by atoms with Crippen molar-refractivity contribution in [1.82, 2.24) is 9.62 Å². The lowest BCUT2D eigenvalue weighted by molar-refractivity contribution is -0.125. The number of halogens is 1. The van der Waals surface area contributed by atoms with Crippen LogP contribution in [-0.4, -0.2) is 49.8 Å². The third-order valence-corrected chi connectivity index (χ3v) is 6.27. The molecule has 1 unspecified atom stereocenters. The molecule has 0 radical (unpaired) electrons. The maximum atomic E-state index is 12.8. The summed E-state index contributed by atoms with van der Waals surface area (Å²) in [4.78, 5) is 13.2. The Balaban J connectivity index is 1.73. The summed E-state index contributed by atoms with van der Waals surface area (Å²) >= 11 is 1.60. The van der Waals surface area contributed by atoms with E-state index in [-0.39, 0.29) is 11.7 Å². The summed E-state index contributed by atoms with van der Waals surface area (Å²) in [5.41, 5.74) is 0. The lowest BCUT2D eigenvalue weighted by Crippen LogP contribution is -2.51. The number of hydrogen-bond donors (Lipinski definition) is 1. The zero-order chi connectivity index (χ0) is 17.6. The molecule has 1 aromatic rings. The number of carbonyl (C=O) groups is 1. The van der Waals surface area contributed by atoms with Gasteiger partial charge in [0.15, 0.2) is 0 Å². The zero-order valence-electron chi connectivity index (χ0n) is 13.7. The van der Waals surface area contributed by atoms with Crippen molar-refractivity contribution in [3.63, 3.8) is 0 Å². The molecule has 2 rings (SSSR count). The highest BCUT2D eigenvalue weighted by molar-refractivity contribution is 7.99. The molecular weight excluding hydrogens is 351 g/mol. The summed E-state index contributed by atoms with van der Waals surface area (Å²) in [5, 5.41) is 2.83. The van der Waals surface area contributed by atoms with Crippen LogP contribution in [0.4, 0.5) is 4.39 Å². The van der Waals surface area contributed by atoms with E-state index in [1.807, 2.05) is 0 Å². The first-order chi connectivity index (χ1) is 11.4. The van der Waals surface area contributed by atoms with Crippen molar-refractivity contribution in [3.8, 4) is 0 Å². The Morgan fingerprint density at radius 2 is 2.04 bits per heavy atom. The molecule has 1 atom stereocenters.